The van der Waals surface area contributed by atoms with E-state index in [4.69, 9.17) is 2.74 Å². The van der Waals surface area contributed by atoms with Crippen molar-refractivity contribution in [3.8, 4) is 39.3 Å². The van der Waals surface area contributed by atoms with Gasteiger partial charge in [0.15, 0.2) is 0 Å². The van der Waals surface area contributed by atoms with E-state index in [2.05, 4.69) is 350 Å². The number of hydrogen-bond acceptors (Lipinski definition) is 1. The fourth-order valence-corrected chi connectivity index (χ4v) is 19.1. The molecule has 0 saturated carbocycles. The smallest absolute Gasteiger partial charge is 0.252 e. The van der Waals surface area contributed by atoms with E-state index in [1.165, 1.54) is 22.3 Å². The Morgan fingerprint density at radius 3 is 1.38 bits per heavy atom. The molecule has 0 atom stereocenters. The summed E-state index contributed by atoms with van der Waals surface area (Å²) < 4.78 is 84.8. The molecule has 20 aromatic rings. The Labute approximate surface area is 664 Å². The second-order valence-corrected chi connectivity index (χ2v) is 35.5. The van der Waals surface area contributed by atoms with Crippen molar-refractivity contribution in [2.45, 2.75) is 105 Å². The van der Waals surface area contributed by atoms with Crippen molar-refractivity contribution in [2.75, 3.05) is 4.90 Å². The van der Waals surface area contributed by atoms with Gasteiger partial charge in [0.2, 0.25) is 0 Å². The quantitative estimate of drug-likeness (QED) is 0.157. The summed E-state index contributed by atoms with van der Waals surface area (Å²) in [6.45, 7) is 27.1. The van der Waals surface area contributed by atoms with Gasteiger partial charge < -0.3 is 23.0 Å². The van der Waals surface area contributed by atoms with Crippen LogP contribution in [0.3, 0.4) is 0 Å². The number of nitrogens with zero attached hydrogens (tertiary/aromatic N) is 5. The number of benzene rings is 15. The van der Waals surface area contributed by atoms with Gasteiger partial charge in [0.25, 0.3) is 6.71 Å². The minimum absolute atomic E-state index is 0.0235. The van der Waals surface area contributed by atoms with Crippen LogP contribution in [0, 0.1) is 0 Å². The molecule has 538 valence electrons. The van der Waals surface area contributed by atoms with Crippen molar-refractivity contribution in [3.63, 3.8) is 0 Å². The number of rotatable bonds is 5. The number of anilines is 3. The zero-order valence-electron chi connectivity index (χ0n) is 73.1. The Bertz CT molecular complexity index is 7870. The van der Waals surface area contributed by atoms with E-state index in [0.717, 1.165) is 170 Å². The van der Waals surface area contributed by atoms with Crippen LogP contribution in [0.15, 0.2) is 303 Å². The first-order valence-corrected chi connectivity index (χ1v) is 39.3. The molecule has 0 fully saturated rings. The predicted octanol–water partition coefficient (Wildman–Crippen LogP) is 26.7. The van der Waals surface area contributed by atoms with Gasteiger partial charge in [-0.15, -0.1) is 0 Å². The third-order valence-electron chi connectivity index (χ3n) is 24.7. The molecule has 0 saturated heterocycles. The lowest BCUT2D eigenvalue weighted by molar-refractivity contribution is 0.569. The number of hydrogen-bond donors (Lipinski definition) is 0. The Morgan fingerprint density at radius 2 is 0.759 bits per heavy atom. The topological polar surface area (TPSA) is 22.4 Å². The van der Waals surface area contributed by atoms with Crippen molar-refractivity contribution >= 4 is 165 Å². The predicted molar refractivity (Wildman–Crippen MR) is 482 cm³/mol. The Hall–Kier alpha value is -12.6. The van der Waals surface area contributed by atoms with Gasteiger partial charge in [0.05, 0.1) is 60.8 Å². The van der Waals surface area contributed by atoms with Crippen LogP contribution >= 0.6 is 0 Å². The Morgan fingerprint density at radius 1 is 0.268 bits per heavy atom. The number of aromatic nitrogens is 4. The molecular formula is C106H86BN5. The summed E-state index contributed by atoms with van der Waals surface area (Å²) in [6.07, 6.45) is 0. The van der Waals surface area contributed by atoms with Crippen molar-refractivity contribution in [3.05, 3.63) is 325 Å². The highest BCUT2D eigenvalue weighted by atomic mass is 15.2. The highest BCUT2D eigenvalue weighted by Crippen LogP contribution is 2.52. The Kier molecular flexibility index (Phi) is 12.2. The van der Waals surface area contributed by atoms with Crippen LogP contribution in [0.5, 0.6) is 0 Å². The Balaban J connectivity index is 0.970. The van der Waals surface area contributed by atoms with Crippen LogP contribution in [0.4, 0.5) is 17.1 Å². The summed E-state index contributed by atoms with van der Waals surface area (Å²) in [6, 6.07) is 92.1. The average Bonchev–Trinajstić information content (AvgIpc) is 1.61. The average molecular weight is 1450 g/mol. The minimum atomic E-state index is -0.490. The zero-order chi connectivity index (χ0) is 82.9. The first-order valence-electron chi connectivity index (χ1n) is 43.3. The lowest BCUT2D eigenvalue weighted by Gasteiger charge is -2.41. The van der Waals surface area contributed by atoms with E-state index >= 15 is 0 Å². The molecule has 2 aliphatic rings. The summed E-state index contributed by atoms with van der Waals surface area (Å²) in [5.74, 6) is 0. The van der Waals surface area contributed by atoms with Crippen LogP contribution in [0.25, 0.3) is 164 Å². The lowest BCUT2D eigenvalue weighted by Crippen LogP contribution is -2.60. The molecule has 2 aliphatic heterocycles. The minimum Gasteiger partial charge on any atom is -0.311 e. The molecular weight excluding hydrogens is 1350 g/mol. The summed E-state index contributed by atoms with van der Waals surface area (Å²) in [5.41, 5.74) is 24.7. The second kappa shape index (κ2) is 23.5. The third-order valence-corrected chi connectivity index (χ3v) is 24.7. The van der Waals surface area contributed by atoms with Gasteiger partial charge in [-0.2, -0.15) is 0 Å². The van der Waals surface area contributed by atoms with Gasteiger partial charge in [-0.1, -0.05) is 289 Å². The van der Waals surface area contributed by atoms with Gasteiger partial charge in [-0.3, -0.25) is 0 Å². The van der Waals surface area contributed by atoms with Crippen LogP contribution in [0.2, 0.25) is 0 Å². The lowest BCUT2D eigenvalue weighted by atomic mass is 9.33. The summed E-state index contributed by atoms with van der Waals surface area (Å²) >= 11 is 0. The highest BCUT2D eigenvalue weighted by Gasteiger charge is 2.45. The molecule has 15 aromatic carbocycles. The maximum atomic E-state index is 9.84. The van der Waals surface area contributed by atoms with Gasteiger partial charge in [0, 0.05) is 87.8 Å². The molecule has 5 nitrogen and oxygen atoms in total. The van der Waals surface area contributed by atoms with Crippen molar-refractivity contribution in [2.24, 2.45) is 0 Å². The standard InChI is InChI=1S/C106H86BN5/c1-103(2,3)67-44-50-92-83(57-67)84-58-68(104(4,5)6)45-51-93(84)109(92)73-60-86-85-59-72(108-89-38-23-21-34-79(89)80-35-22-24-39-90(80)108)48-52-94(85)112-97-62-96-98(82-37-26-36-81-77-32-19-17-30-75(77)74-29-16-18-31-76(74)78-33-20-25-40-91(78)111(96)100(81)82)102-99(97)107(88(61-73)101(86)112)87-49-43-65(66-53-69(105(7,8)9)56-70(54-66)106(10,11)12)55-95(87)110(102)71-46-41-64(42-47-71)63-27-14-13-15-28-63/h13-62H,1-12H3/i21D,22D,23D,24D,34D,35D,38D,39D. The van der Waals surface area contributed by atoms with Gasteiger partial charge >= 0.3 is 0 Å². The molecule has 0 aliphatic carbocycles. The van der Waals surface area contributed by atoms with Gasteiger partial charge in [-0.25, -0.2) is 0 Å². The van der Waals surface area contributed by atoms with E-state index < -0.39 is 30.9 Å². The number of para-hydroxylation sites is 4. The normalized spacial score (nSPS) is 14.3. The third kappa shape index (κ3) is 9.63. The van der Waals surface area contributed by atoms with Crippen molar-refractivity contribution in [1.29, 1.82) is 0 Å². The maximum Gasteiger partial charge on any atom is 0.252 e. The number of fused-ring (bicyclic) bond motifs is 24. The molecule has 112 heavy (non-hydrogen) atoms. The maximum absolute atomic E-state index is 9.84. The van der Waals surface area contributed by atoms with Crippen LogP contribution < -0.4 is 21.3 Å². The van der Waals surface area contributed by atoms with Crippen LogP contribution in [-0.4, -0.2) is 24.8 Å². The van der Waals surface area contributed by atoms with E-state index in [1.54, 1.807) is 4.57 Å². The molecule has 6 heteroatoms. The molecule has 22 rings (SSSR count). The highest BCUT2D eigenvalue weighted by molar-refractivity contribution is 7.00. The fourth-order valence-electron chi connectivity index (χ4n) is 19.1. The molecule has 7 heterocycles. The zero-order valence-corrected chi connectivity index (χ0v) is 65.1. The SMILES string of the molecule is [2H]c1c([2H])c([2H])c2c(c1[2H])c1c([2H])c([2H])c([2H])c([2H])c1n2-c1ccc2c(c1)c1cc(-n3c4ccc(C(C)(C)C)cc4c4cc(C(C)(C)C)ccc43)cc3c1n2-c1cc2c(c4c1B3c1ccc(-c3cc(C(C)(C)C)cc(C(C)(C)C)c3)cc1N4c1ccc(-c3ccccc3)cc1)c1cccc3c4ccccc4c4ccccc4c4ccccc4n2c31. The molecule has 0 amide bonds. The van der Waals surface area contributed by atoms with Crippen LogP contribution in [0.1, 0.15) is 116 Å². The molecule has 5 aromatic heterocycles. The molecule has 0 bridgehead atoms. The summed E-state index contributed by atoms with van der Waals surface area (Å²) in [5, 5.41) is 13.0. The van der Waals surface area contributed by atoms with E-state index in [1.807, 2.05) is 6.07 Å². The molecule has 0 radical (unpaired) electrons. The van der Waals surface area contributed by atoms with Gasteiger partial charge in [0.1, 0.15) is 0 Å². The van der Waals surface area contributed by atoms with Gasteiger partial charge in [-0.05, 0) is 201 Å². The van der Waals surface area contributed by atoms with E-state index in [9.17, 15) is 8.22 Å². The molecule has 0 spiro atoms. The largest absolute Gasteiger partial charge is 0.311 e. The first-order chi connectivity index (χ1) is 57.4. The first kappa shape index (κ1) is 58.3. The van der Waals surface area contributed by atoms with Crippen molar-refractivity contribution < 1.29 is 11.0 Å². The monoisotopic (exact) mass is 1450 g/mol. The second-order valence-electron chi connectivity index (χ2n) is 35.5. The van der Waals surface area contributed by atoms with Crippen LogP contribution in [-0.2, 0) is 21.7 Å². The molecule has 0 N–H and O–H groups in total. The molecule has 0 unspecified atom stereocenters. The fraction of sp³-hybridized carbons (Fsp3) is 0.151. The van der Waals surface area contributed by atoms with E-state index in [0.29, 0.717) is 5.69 Å². The summed E-state index contributed by atoms with van der Waals surface area (Å²) in [7, 11) is 0. The summed E-state index contributed by atoms with van der Waals surface area (Å²) in [4.78, 5) is 2.61. The van der Waals surface area contributed by atoms with E-state index in [-0.39, 0.29) is 67.6 Å². The van der Waals surface area contributed by atoms with Crippen molar-refractivity contribution in [1.82, 2.24) is 18.1 Å².